The van der Waals surface area contributed by atoms with Crippen LogP contribution in [-0.2, 0) is 4.79 Å². The molecule has 1 amide bonds. The van der Waals surface area contributed by atoms with Crippen LogP contribution in [0.1, 0.15) is 33.1 Å². The molecule has 0 bridgehead atoms. The topological polar surface area (TPSA) is 40.9 Å². The number of nitrogens with one attached hydrogen (secondary N) is 1. The van der Waals surface area contributed by atoms with Crippen LogP contribution in [0.5, 0.6) is 0 Å². The minimum atomic E-state index is -0.435. The molecule has 0 aromatic carbocycles. The molecule has 0 saturated carbocycles. The van der Waals surface area contributed by atoms with E-state index < -0.39 is 5.91 Å². The largest absolute Gasteiger partial charge is 0.273 e. The summed E-state index contributed by atoms with van der Waals surface area (Å²) in [6, 6.07) is 0. The monoisotopic (exact) mass is 128 g/mol. The number of hydrogen-bond donors (Lipinski definition) is 0. The molecule has 0 aromatic rings. The second-order valence-corrected chi connectivity index (χ2v) is 2.48. The molecule has 0 heterocycles. The van der Waals surface area contributed by atoms with Crippen molar-refractivity contribution in [3.05, 3.63) is 0 Å². The molecule has 1 unspecified atom stereocenters. The Morgan fingerprint density at radius 1 is 1.67 bits per heavy atom. The molecule has 0 rings (SSSR count). The maximum Gasteiger partial charge on any atom is 0.238 e. The first kappa shape index (κ1) is 8.47. The predicted octanol–water partition coefficient (Wildman–Crippen LogP) is 1.62. The van der Waals surface area contributed by atoms with Gasteiger partial charge in [-0.1, -0.05) is 20.3 Å². The lowest BCUT2D eigenvalue weighted by Gasteiger charge is -2.03. The Morgan fingerprint density at radius 3 is 2.56 bits per heavy atom. The summed E-state index contributed by atoms with van der Waals surface area (Å²) >= 11 is 0. The molecule has 1 radical (unpaired) electrons. The number of amides is 1. The van der Waals surface area contributed by atoms with Crippen LogP contribution >= 0.6 is 0 Å². The highest BCUT2D eigenvalue weighted by Gasteiger charge is 2.00. The minimum Gasteiger partial charge on any atom is -0.273 e. The number of carbonyl (C=O) groups excluding carboxylic acids is 1. The highest BCUT2D eigenvalue weighted by molar-refractivity contribution is 5.72. The SMILES string of the molecule is CCC(C)CCC([NH])=O. The van der Waals surface area contributed by atoms with Gasteiger partial charge in [0.15, 0.2) is 0 Å². The molecule has 1 atom stereocenters. The van der Waals surface area contributed by atoms with Gasteiger partial charge in [0.25, 0.3) is 0 Å². The van der Waals surface area contributed by atoms with E-state index in [-0.39, 0.29) is 0 Å². The molecule has 0 aliphatic carbocycles. The zero-order chi connectivity index (χ0) is 7.28. The lowest BCUT2D eigenvalue weighted by Crippen LogP contribution is -2.01. The van der Waals surface area contributed by atoms with Gasteiger partial charge in [0.1, 0.15) is 0 Å². The zero-order valence-electron chi connectivity index (χ0n) is 6.11. The zero-order valence-corrected chi connectivity index (χ0v) is 6.11. The molecule has 2 heteroatoms. The Labute approximate surface area is 56.4 Å². The van der Waals surface area contributed by atoms with Crippen LogP contribution in [0, 0.1) is 5.92 Å². The smallest absolute Gasteiger partial charge is 0.238 e. The minimum absolute atomic E-state index is 0.426. The van der Waals surface area contributed by atoms with Crippen molar-refractivity contribution in [3.8, 4) is 0 Å². The molecule has 53 valence electrons. The lowest BCUT2D eigenvalue weighted by molar-refractivity contribution is -0.118. The fourth-order valence-corrected chi connectivity index (χ4v) is 0.582. The van der Waals surface area contributed by atoms with Gasteiger partial charge in [-0.3, -0.25) is 10.5 Å². The van der Waals surface area contributed by atoms with Gasteiger partial charge in [0, 0.05) is 6.42 Å². The first-order valence-electron chi connectivity index (χ1n) is 3.41. The molecular weight excluding hydrogens is 114 g/mol. The van der Waals surface area contributed by atoms with Gasteiger partial charge >= 0.3 is 0 Å². The van der Waals surface area contributed by atoms with E-state index >= 15 is 0 Å². The van der Waals surface area contributed by atoms with E-state index in [4.69, 9.17) is 5.73 Å². The maximum absolute atomic E-state index is 10.1. The summed E-state index contributed by atoms with van der Waals surface area (Å²) in [6.07, 6.45) is 2.40. The summed E-state index contributed by atoms with van der Waals surface area (Å²) < 4.78 is 0. The molecule has 2 nitrogen and oxygen atoms in total. The first-order valence-corrected chi connectivity index (χ1v) is 3.41. The van der Waals surface area contributed by atoms with Gasteiger partial charge in [-0.15, -0.1) is 0 Å². The number of rotatable bonds is 4. The molecule has 0 saturated heterocycles. The second-order valence-electron chi connectivity index (χ2n) is 2.48. The number of carbonyl (C=O) groups is 1. The van der Waals surface area contributed by atoms with Gasteiger partial charge in [0.2, 0.25) is 5.91 Å². The summed E-state index contributed by atoms with van der Waals surface area (Å²) in [6.45, 7) is 4.20. The van der Waals surface area contributed by atoms with Crippen molar-refractivity contribution in [1.29, 1.82) is 0 Å². The predicted molar refractivity (Wildman–Crippen MR) is 36.8 cm³/mol. The van der Waals surface area contributed by atoms with Crippen LogP contribution in [0.2, 0.25) is 0 Å². The van der Waals surface area contributed by atoms with Gasteiger partial charge in [-0.2, -0.15) is 0 Å². The third kappa shape index (κ3) is 5.34. The highest BCUT2D eigenvalue weighted by atomic mass is 16.1. The van der Waals surface area contributed by atoms with Gasteiger partial charge in [-0.25, -0.2) is 0 Å². The van der Waals surface area contributed by atoms with Crippen molar-refractivity contribution in [1.82, 2.24) is 5.73 Å². The third-order valence-corrected chi connectivity index (χ3v) is 1.56. The van der Waals surface area contributed by atoms with Crippen LogP contribution in [-0.4, -0.2) is 5.91 Å². The molecule has 9 heavy (non-hydrogen) atoms. The maximum atomic E-state index is 10.1. The summed E-state index contributed by atoms with van der Waals surface area (Å²) in [5, 5.41) is 0. The fraction of sp³-hybridized carbons (Fsp3) is 0.857. The Bertz CT molecular complexity index is 90.9. The van der Waals surface area contributed by atoms with Crippen molar-refractivity contribution in [3.63, 3.8) is 0 Å². The quantitative estimate of drug-likeness (QED) is 0.567. The van der Waals surface area contributed by atoms with Crippen molar-refractivity contribution in [2.24, 2.45) is 5.92 Å². The van der Waals surface area contributed by atoms with E-state index in [1.54, 1.807) is 0 Å². The van der Waals surface area contributed by atoms with Crippen LogP contribution < -0.4 is 5.73 Å². The number of hydrogen-bond acceptors (Lipinski definition) is 1. The molecule has 0 aliphatic rings. The molecule has 1 N–H and O–H groups in total. The van der Waals surface area contributed by atoms with E-state index in [0.717, 1.165) is 12.8 Å². The van der Waals surface area contributed by atoms with Gasteiger partial charge < -0.3 is 0 Å². The standard InChI is InChI=1S/C7H14NO/c1-3-6(2)4-5-7(8)9/h6,8H,3-5H2,1-2H3. The molecule has 0 fully saturated rings. The van der Waals surface area contributed by atoms with E-state index in [1.807, 2.05) is 0 Å². The fourth-order valence-electron chi connectivity index (χ4n) is 0.582. The Balaban J connectivity index is 3.16. The normalized spacial score (nSPS) is 13.1. The second kappa shape index (κ2) is 4.36. The van der Waals surface area contributed by atoms with E-state index in [1.165, 1.54) is 0 Å². The van der Waals surface area contributed by atoms with Crippen LogP contribution in [0.25, 0.3) is 0 Å². The van der Waals surface area contributed by atoms with Gasteiger partial charge in [-0.05, 0) is 12.3 Å². The lowest BCUT2D eigenvalue weighted by atomic mass is 10.0. The summed E-state index contributed by atoms with van der Waals surface area (Å²) in [5.74, 6) is 0.162. The summed E-state index contributed by atoms with van der Waals surface area (Å²) in [7, 11) is 0. The molecular formula is C7H14NO. The summed E-state index contributed by atoms with van der Waals surface area (Å²) in [5.41, 5.74) is 6.61. The van der Waals surface area contributed by atoms with E-state index in [0.29, 0.717) is 12.3 Å². The van der Waals surface area contributed by atoms with Crippen LogP contribution in [0.3, 0.4) is 0 Å². The van der Waals surface area contributed by atoms with Crippen molar-refractivity contribution >= 4 is 5.91 Å². The summed E-state index contributed by atoms with van der Waals surface area (Å²) in [4.78, 5) is 10.1. The Morgan fingerprint density at radius 2 is 2.22 bits per heavy atom. The van der Waals surface area contributed by atoms with Crippen LogP contribution in [0.4, 0.5) is 0 Å². The average Bonchev–Trinajstić information content (AvgIpc) is 1.83. The van der Waals surface area contributed by atoms with Crippen LogP contribution in [0.15, 0.2) is 0 Å². The Kier molecular flexibility index (Phi) is 4.10. The van der Waals surface area contributed by atoms with E-state index in [9.17, 15) is 4.79 Å². The van der Waals surface area contributed by atoms with Crippen molar-refractivity contribution in [2.75, 3.05) is 0 Å². The molecule has 0 aromatic heterocycles. The molecule has 0 aliphatic heterocycles. The van der Waals surface area contributed by atoms with Crippen molar-refractivity contribution < 1.29 is 4.79 Å². The van der Waals surface area contributed by atoms with E-state index in [2.05, 4.69) is 13.8 Å². The van der Waals surface area contributed by atoms with Gasteiger partial charge in [0.05, 0.1) is 0 Å². The highest BCUT2D eigenvalue weighted by Crippen LogP contribution is 2.08. The van der Waals surface area contributed by atoms with Crippen molar-refractivity contribution in [2.45, 2.75) is 33.1 Å². The third-order valence-electron chi connectivity index (χ3n) is 1.56. The average molecular weight is 128 g/mol. The Hall–Kier alpha value is -0.530. The molecule has 0 spiro atoms. The first-order chi connectivity index (χ1) is 4.16.